The van der Waals surface area contributed by atoms with Crippen molar-refractivity contribution in [2.75, 3.05) is 30.0 Å². The van der Waals surface area contributed by atoms with Crippen LogP contribution in [0.2, 0.25) is 0 Å². The molecule has 0 saturated carbocycles. The molecule has 1 unspecified atom stereocenters. The zero-order valence-corrected chi connectivity index (χ0v) is 12.9. The predicted octanol–water partition coefficient (Wildman–Crippen LogP) is 2.45. The van der Waals surface area contributed by atoms with Gasteiger partial charge < -0.3 is 15.7 Å². The smallest absolute Gasteiger partial charge is 0.191 e. The topological polar surface area (TPSA) is 70.1 Å². The molecule has 0 saturated heterocycles. The summed E-state index contributed by atoms with van der Waals surface area (Å²) in [5, 5.41) is 16.9. The minimum atomic E-state index is -0.375. The molecule has 0 amide bonds. The van der Waals surface area contributed by atoms with Gasteiger partial charge in [-0.15, -0.1) is 0 Å². The standard InChI is InChI=1S/C13H24N4OS/c1-5-6-14-11-7-12(17-13(16-11)19-4)15-8-10(18)9(2)3/h7,9-10,18H,5-6,8H2,1-4H3,(H2,14,15,16,17). The zero-order chi connectivity index (χ0) is 14.3. The van der Waals surface area contributed by atoms with Crippen LogP contribution in [0.3, 0.4) is 0 Å². The number of aliphatic hydroxyl groups excluding tert-OH is 1. The maximum absolute atomic E-state index is 9.80. The van der Waals surface area contributed by atoms with E-state index in [9.17, 15) is 5.11 Å². The molecular formula is C13H24N4OS. The van der Waals surface area contributed by atoms with Crippen LogP contribution in [0.1, 0.15) is 27.2 Å². The molecule has 19 heavy (non-hydrogen) atoms. The molecule has 0 spiro atoms. The first kappa shape index (κ1) is 16.0. The molecule has 1 aromatic rings. The van der Waals surface area contributed by atoms with Crippen molar-refractivity contribution in [2.45, 2.75) is 38.5 Å². The summed E-state index contributed by atoms with van der Waals surface area (Å²) in [6.07, 6.45) is 2.62. The number of rotatable bonds is 8. The van der Waals surface area contributed by atoms with Gasteiger partial charge in [0.05, 0.1) is 6.10 Å². The Morgan fingerprint density at radius 3 is 2.42 bits per heavy atom. The molecule has 1 atom stereocenters. The van der Waals surface area contributed by atoms with Crippen molar-refractivity contribution in [3.8, 4) is 0 Å². The zero-order valence-electron chi connectivity index (χ0n) is 12.1. The third-order valence-electron chi connectivity index (χ3n) is 2.71. The van der Waals surface area contributed by atoms with Crippen molar-refractivity contribution >= 4 is 23.4 Å². The van der Waals surface area contributed by atoms with Gasteiger partial charge in [0.15, 0.2) is 5.16 Å². The molecular weight excluding hydrogens is 260 g/mol. The van der Waals surface area contributed by atoms with Crippen LogP contribution in [0.15, 0.2) is 11.2 Å². The fourth-order valence-electron chi connectivity index (χ4n) is 1.40. The van der Waals surface area contributed by atoms with Crippen LogP contribution in [0, 0.1) is 5.92 Å². The average Bonchev–Trinajstić information content (AvgIpc) is 2.42. The SMILES string of the molecule is CCCNc1cc(NCC(O)C(C)C)nc(SC)n1. The van der Waals surface area contributed by atoms with Crippen LogP contribution in [-0.4, -0.2) is 40.5 Å². The Kier molecular flexibility index (Phi) is 6.94. The summed E-state index contributed by atoms with van der Waals surface area (Å²) >= 11 is 1.51. The number of nitrogens with zero attached hydrogens (tertiary/aromatic N) is 2. The lowest BCUT2D eigenvalue weighted by Crippen LogP contribution is -2.25. The Morgan fingerprint density at radius 2 is 1.89 bits per heavy atom. The fourth-order valence-corrected chi connectivity index (χ4v) is 1.77. The molecule has 0 aliphatic rings. The molecule has 0 radical (unpaired) electrons. The highest BCUT2D eigenvalue weighted by Gasteiger charge is 2.10. The van der Waals surface area contributed by atoms with Gasteiger partial charge in [0, 0.05) is 19.2 Å². The van der Waals surface area contributed by atoms with Gasteiger partial charge in [-0.1, -0.05) is 32.5 Å². The maximum Gasteiger partial charge on any atom is 0.191 e. The van der Waals surface area contributed by atoms with Gasteiger partial charge in [-0.25, -0.2) is 9.97 Å². The second-order valence-electron chi connectivity index (χ2n) is 4.74. The van der Waals surface area contributed by atoms with Crippen LogP contribution in [0.25, 0.3) is 0 Å². The monoisotopic (exact) mass is 284 g/mol. The van der Waals surface area contributed by atoms with E-state index in [0.717, 1.165) is 29.8 Å². The van der Waals surface area contributed by atoms with E-state index in [4.69, 9.17) is 0 Å². The summed E-state index contributed by atoms with van der Waals surface area (Å²) < 4.78 is 0. The summed E-state index contributed by atoms with van der Waals surface area (Å²) in [6, 6.07) is 1.88. The number of aliphatic hydroxyl groups is 1. The third-order valence-corrected chi connectivity index (χ3v) is 3.25. The maximum atomic E-state index is 9.80. The quantitative estimate of drug-likeness (QED) is 0.503. The van der Waals surface area contributed by atoms with Crippen LogP contribution < -0.4 is 10.6 Å². The van der Waals surface area contributed by atoms with E-state index in [1.54, 1.807) is 0 Å². The number of hydrogen-bond acceptors (Lipinski definition) is 6. The Bertz CT molecular complexity index is 387. The van der Waals surface area contributed by atoms with Crippen molar-refractivity contribution in [2.24, 2.45) is 5.92 Å². The Hall–Kier alpha value is -1.01. The van der Waals surface area contributed by atoms with Crippen LogP contribution in [0.5, 0.6) is 0 Å². The number of aromatic nitrogens is 2. The van der Waals surface area contributed by atoms with E-state index in [0.29, 0.717) is 6.54 Å². The predicted molar refractivity (Wildman–Crippen MR) is 81.9 cm³/mol. The number of hydrogen-bond donors (Lipinski definition) is 3. The van der Waals surface area contributed by atoms with Gasteiger partial charge >= 0.3 is 0 Å². The van der Waals surface area contributed by atoms with Crippen molar-refractivity contribution in [1.29, 1.82) is 0 Å². The molecule has 0 aliphatic carbocycles. The van der Waals surface area contributed by atoms with E-state index in [2.05, 4.69) is 27.5 Å². The number of nitrogens with one attached hydrogen (secondary N) is 2. The molecule has 6 heteroatoms. The highest BCUT2D eigenvalue weighted by atomic mass is 32.2. The summed E-state index contributed by atoms with van der Waals surface area (Å²) in [6.45, 7) is 7.48. The number of thioether (sulfide) groups is 1. The summed E-state index contributed by atoms with van der Waals surface area (Å²) in [4.78, 5) is 8.77. The molecule has 0 aromatic carbocycles. The fraction of sp³-hybridized carbons (Fsp3) is 0.692. The van der Waals surface area contributed by atoms with E-state index >= 15 is 0 Å². The molecule has 0 fully saturated rings. The average molecular weight is 284 g/mol. The molecule has 108 valence electrons. The molecule has 1 aromatic heterocycles. The largest absolute Gasteiger partial charge is 0.391 e. The Labute approximate surface area is 119 Å². The van der Waals surface area contributed by atoms with Gasteiger partial charge in [-0.2, -0.15) is 0 Å². The van der Waals surface area contributed by atoms with E-state index in [-0.39, 0.29) is 12.0 Å². The first-order valence-corrected chi connectivity index (χ1v) is 7.88. The highest BCUT2D eigenvalue weighted by Crippen LogP contribution is 2.17. The first-order chi connectivity index (χ1) is 9.06. The second-order valence-corrected chi connectivity index (χ2v) is 5.52. The van der Waals surface area contributed by atoms with E-state index in [1.165, 1.54) is 11.8 Å². The summed E-state index contributed by atoms with van der Waals surface area (Å²) in [5.41, 5.74) is 0. The molecule has 3 N–H and O–H groups in total. The van der Waals surface area contributed by atoms with Gasteiger partial charge in [0.1, 0.15) is 11.6 Å². The molecule has 1 heterocycles. The molecule has 1 rings (SSSR count). The second kappa shape index (κ2) is 8.22. The van der Waals surface area contributed by atoms with Gasteiger partial charge in [-0.05, 0) is 18.6 Å². The lowest BCUT2D eigenvalue weighted by Gasteiger charge is -2.16. The van der Waals surface area contributed by atoms with Gasteiger partial charge in [0.2, 0.25) is 0 Å². The third kappa shape index (κ3) is 5.65. The minimum Gasteiger partial charge on any atom is -0.391 e. The van der Waals surface area contributed by atoms with Crippen molar-refractivity contribution < 1.29 is 5.11 Å². The van der Waals surface area contributed by atoms with Crippen LogP contribution in [0.4, 0.5) is 11.6 Å². The van der Waals surface area contributed by atoms with Gasteiger partial charge in [-0.3, -0.25) is 0 Å². The molecule has 5 nitrogen and oxygen atoms in total. The summed E-state index contributed by atoms with van der Waals surface area (Å²) in [5.74, 6) is 1.80. The minimum absolute atomic E-state index is 0.229. The van der Waals surface area contributed by atoms with E-state index in [1.807, 2.05) is 26.2 Å². The molecule has 0 bridgehead atoms. The lowest BCUT2D eigenvalue weighted by atomic mass is 10.1. The van der Waals surface area contributed by atoms with E-state index < -0.39 is 0 Å². The molecule has 0 aliphatic heterocycles. The normalized spacial score (nSPS) is 12.5. The summed E-state index contributed by atoms with van der Waals surface area (Å²) in [7, 11) is 0. The first-order valence-electron chi connectivity index (χ1n) is 6.65. The van der Waals surface area contributed by atoms with Gasteiger partial charge in [0.25, 0.3) is 0 Å². The van der Waals surface area contributed by atoms with Crippen molar-refractivity contribution in [3.63, 3.8) is 0 Å². The number of anilines is 2. The van der Waals surface area contributed by atoms with Crippen molar-refractivity contribution in [1.82, 2.24) is 9.97 Å². The lowest BCUT2D eigenvalue weighted by molar-refractivity contribution is 0.138. The van der Waals surface area contributed by atoms with Crippen molar-refractivity contribution in [3.05, 3.63) is 6.07 Å². The Balaban J connectivity index is 2.70. The van der Waals surface area contributed by atoms with Crippen LogP contribution in [-0.2, 0) is 0 Å². The highest BCUT2D eigenvalue weighted by molar-refractivity contribution is 7.98. The Morgan fingerprint density at radius 1 is 1.26 bits per heavy atom. The van der Waals surface area contributed by atoms with Crippen LogP contribution >= 0.6 is 11.8 Å².